The lowest BCUT2D eigenvalue weighted by Gasteiger charge is -2.16. The van der Waals surface area contributed by atoms with E-state index in [1.807, 2.05) is 11.5 Å². The van der Waals surface area contributed by atoms with E-state index < -0.39 is 0 Å². The summed E-state index contributed by atoms with van der Waals surface area (Å²) in [5.41, 5.74) is 1.76. The summed E-state index contributed by atoms with van der Waals surface area (Å²) in [5, 5.41) is 0. The standard InChI is InChI=1S/C15H24N2O2/c1-5-7-16-12-10-15(3,4)9-11(12)13(18)17(8-6-2)14(16)19/h5-10H2,1-4H3. The molecule has 0 aliphatic heterocycles. The normalized spacial score (nSPS) is 16.6. The minimum atomic E-state index is -0.120. The second-order valence-corrected chi connectivity index (χ2v) is 6.33. The zero-order valence-electron chi connectivity index (χ0n) is 12.5. The molecule has 2 rings (SSSR count). The van der Waals surface area contributed by atoms with Gasteiger partial charge in [-0.2, -0.15) is 0 Å². The van der Waals surface area contributed by atoms with E-state index in [9.17, 15) is 9.59 Å². The molecule has 0 radical (unpaired) electrons. The second kappa shape index (κ2) is 4.99. The Hall–Kier alpha value is -1.32. The molecule has 19 heavy (non-hydrogen) atoms. The van der Waals surface area contributed by atoms with E-state index in [1.165, 1.54) is 4.57 Å². The van der Waals surface area contributed by atoms with Crippen LogP contribution in [0.5, 0.6) is 0 Å². The number of hydrogen-bond donors (Lipinski definition) is 0. The Morgan fingerprint density at radius 1 is 1.00 bits per heavy atom. The van der Waals surface area contributed by atoms with E-state index in [0.717, 1.165) is 36.9 Å². The molecule has 0 aromatic carbocycles. The minimum absolute atomic E-state index is 0.0558. The minimum Gasteiger partial charge on any atom is -0.297 e. The number of nitrogens with zero attached hydrogens (tertiary/aromatic N) is 2. The first-order valence-electron chi connectivity index (χ1n) is 7.26. The molecule has 4 nitrogen and oxygen atoms in total. The summed E-state index contributed by atoms with van der Waals surface area (Å²) < 4.78 is 3.26. The topological polar surface area (TPSA) is 44.0 Å². The SMILES string of the molecule is CCCn1c2c(c(=O)n(CCC)c1=O)CC(C)(C)C2. The highest BCUT2D eigenvalue weighted by molar-refractivity contribution is 5.27. The van der Waals surface area contributed by atoms with Crippen molar-refractivity contribution < 1.29 is 0 Å². The quantitative estimate of drug-likeness (QED) is 0.834. The van der Waals surface area contributed by atoms with Crippen molar-refractivity contribution in [3.63, 3.8) is 0 Å². The number of hydrogen-bond acceptors (Lipinski definition) is 2. The first-order valence-corrected chi connectivity index (χ1v) is 7.26. The number of fused-ring (bicyclic) bond motifs is 1. The van der Waals surface area contributed by atoms with Crippen LogP contribution < -0.4 is 11.2 Å². The molecule has 0 amide bonds. The van der Waals surface area contributed by atoms with E-state index in [4.69, 9.17) is 0 Å². The fourth-order valence-corrected chi connectivity index (χ4v) is 3.05. The van der Waals surface area contributed by atoms with E-state index in [1.54, 1.807) is 0 Å². The molecular weight excluding hydrogens is 240 g/mol. The zero-order chi connectivity index (χ0) is 14.2. The molecule has 0 atom stereocenters. The highest BCUT2D eigenvalue weighted by atomic mass is 16.2. The van der Waals surface area contributed by atoms with Gasteiger partial charge in [0.25, 0.3) is 5.56 Å². The molecule has 0 unspecified atom stereocenters. The third-order valence-corrected chi connectivity index (χ3v) is 3.84. The number of rotatable bonds is 4. The fourth-order valence-electron chi connectivity index (χ4n) is 3.05. The fraction of sp³-hybridized carbons (Fsp3) is 0.733. The highest BCUT2D eigenvalue weighted by Crippen LogP contribution is 2.33. The van der Waals surface area contributed by atoms with Crippen LogP contribution in [0.4, 0.5) is 0 Å². The average Bonchev–Trinajstić information content (AvgIpc) is 2.66. The third-order valence-electron chi connectivity index (χ3n) is 3.84. The smallest absolute Gasteiger partial charge is 0.297 e. The van der Waals surface area contributed by atoms with E-state index in [2.05, 4.69) is 20.8 Å². The van der Waals surface area contributed by atoms with Crippen LogP contribution in [0.3, 0.4) is 0 Å². The molecule has 1 aliphatic rings. The lowest BCUT2D eigenvalue weighted by Crippen LogP contribution is -2.42. The van der Waals surface area contributed by atoms with Gasteiger partial charge in [-0.15, -0.1) is 0 Å². The van der Waals surface area contributed by atoms with Crippen LogP contribution in [-0.2, 0) is 25.9 Å². The number of aromatic nitrogens is 2. The summed E-state index contributed by atoms with van der Waals surface area (Å²) in [7, 11) is 0. The lowest BCUT2D eigenvalue weighted by molar-refractivity contribution is 0.385. The lowest BCUT2D eigenvalue weighted by atomic mass is 9.91. The first kappa shape index (κ1) is 14.1. The molecule has 0 saturated carbocycles. The molecule has 1 aliphatic carbocycles. The van der Waals surface area contributed by atoms with Gasteiger partial charge in [0.05, 0.1) is 0 Å². The maximum Gasteiger partial charge on any atom is 0.331 e. The Balaban J connectivity index is 2.69. The van der Waals surface area contributed by atoms with Crippen LogP contribution in [0.25, 0.3) is 0 Å². The molecule has 4 heteroatoms. The van der Waals surface area contributed by atoms with Crippen molar-refractivity contribution >= 4 is 0 Å². The Labute approximate surface area is 114 Å². The Morgan fingerprint density at radius 2 is 1.58 bits per heavy atom. The van der Waals surface area contributed by atoms with Gasteiger partial charge in [0, 0.05) is 24.3 Å². The summed E-state index contributed by atoms with van der Waals surface area (Å²) >= 11 is 0. The molecule has 0 N–H and O–H groups in total. The monoisotopic (exact) mass is 264 g/mol. The van der Waals surface area contributed by atoms with Gasteiger partial charge < -0.3 is 0 Å². The molecule has 1 heterocycles. The predicted molar refractivity (Wildman–Crippen MR) is 76.7 cm³/mol. The van der Waals surface area contributed by atoms with Crippen molar-refractivity contribution in [2.24, 2.45) is 5.41 Å². The Kier molecular flexibility index (Phi) is 3.70. The summed E-state index contributed by atoms with van der Waals surface area (Å²) in [5.74, 6) is 0. The van der Waals surface area contributed by atoms with Crippen LogP contribution in [0.1, 0.15) is 51.8 Å². The molecule has 106 valence electrons. The van der Waals surface area contributed by atoms with Gasteiger partial charge in [-0.25, -0.2) is 4.79 Å². The van der Waals surface area contributed by atoms with Crippen molar-refractivity contribution in [3.05, 3.63) is 32.1 Å². The van der Waals surface area contributed by atoms with Crippen molar-refractivity contribution in [2.75, 3.05) is 0 Å². The van der Waals surface area contributed by atoms with Gasteiger partial charge in [-0.05, 0) is 31.1 Å². The first-order chi connectivity index (χ1) is 8.91. The zero-order valence-corrected chi connectivity index (χ0v) is 12.5. The van der Waals surface area contributed by atoms with Crippen LogP contribution in [0.2, 0.25) is 0 Å². The average molecular weight is 264 g/mol. The second-order valence-electron chi connectivity index (χ2n) is 6.33. The maximum atomic E-state index is 12.5. The van der Waals surface area contributed by atoms with Crippen LogP contribution in [-0.4, -0.2) is 9.13 Å². The Bertz CT molecular complexity index is 593. The van der Waals surface area contributed by atoms with Gasteiger partial charge in [0.2, 0.25) is 0 Å². The van der Waals surface area contributed by atoms with Crippen molar-refractivity contribution in [2.45, 2.75) is 66.5 Å². The maximum absolute atomic E-state index is 12.5. The summed E-state index contributed by atoms with van der Waals surface area (Å²) in [6.07, 6.45) is 3.34. The van der Waals surface area contributed by atoms with Crippen LogP contribution in [0.15, 0.2) is 9.59 Å². The van der Waals surface area contributed by atoms with Crippen molar-refractivity contribution in [1.29, 1.82) is 0 Å². The van der Waals surface area contributed by atoms with E-state index in [-0.39, 0.29) is 16.7 Å². The summed E-state index contributed by atoms with van der Waals surface area (Å²) in [4.78, 5) is 24.9. The van der Waals surface area contributed by atoms with Crippen molar-refractivity contribution in [1.82, 2.24) is 9.13 Å². The molecule has 0 bridgehead atoms. The predicted octanol–water partition coefficient (Wildman–Crippen LogP) is 1.95. The van der Waals surface area contributed by atoms with Gasteiger partial charge in [0.1, 0.15) is 0 Å². The summed E-state index contributed by atoms with van der Waals surface area (Å²) in [6.45, 7) is 9.62. The van der Waals surface area contributed by atoms with Gasteiger partial charge >= 0.3 is 5.69 Å². The highest BCUT2D eigenvalue weighted by Gasteiger charge is 2.34. The summed E-state index contributed by atoms with van der Waals surface area (Å²) in [6, 6.07) is 0. The molecule has 0 fully saturated rings. The molecule has 1 aromatic heterocycles. The van der Waals surface area contributed by atoms with Crippen molar-refractivity contribution in [3.8, 4) is 0 Å². The Morgan fingerprint density at radius 3 is 2.16 bits per heavy atom. The molecule has 0 spiro atoms. The van der Waals surface area contributed by atoms with E-state index in [0.29, 0.717) is 13.1 Å². The molecule has 1 aromatic rings. The van der Waals surface area contributed by atoms with Gasteiger partial charge in [-0.3, -0.25) is 13.9 Å². The van der Waals surface area contributed by atoms with E-state index >= 15 is 0 Å². The van der Waals surface area contributed by atoms with Crippen LogP contribution in [0, 0.1) is 5.41 Å². The van der Waals surface area contributed by atoms with Gasteiger partial charge in [-0.1, -0.05) is 27.7 Å². The van der Waals surface area contributed by atoms with Crippen LogP contribution >= 0.6 is 0 Å². The molecule has 0 saturated heterocycles. The van der Waals surface area contributed by atoms with Gasteiger partial charge in [0.15, 0.2) is 0 Å². The third kappa shape index (κ3) is 2.40. The molecular formula is C15H24N2O2. The largest absolute Gasteiger partial charge is 0.331 e.